The Hall–Kier alpha value is -3.39. The van der Waals surface area contributed by atoms with Crippen molar-refractivity contribution in [3.05, 3.63) is 89.7 Å². The minimum Gasteiger partial charge on any atom is -0.372 e. The van der Waals surface area contributed by atoms with E-state index < -0.39 is 15.8 Å². The van der Waals surface area contributed by atoms with E-state index in [0.29, 0.717) is 16.9 Å². The molecule has 0 unspecified atom stereocenters. The summed E-state index contributed by atoms with van der Waals surface area (Å²) in [6.45, 7) is 1.97. The first-order valence-electron chi connectivity index (χ1n) is 11.3. The third-order valence-electron chi connectivity index (χ3n) is 5.94. The summed E-state index contributed by atoms with van der Waals surface area (Å²) in [6, 6.07) is 20.1. The molecule has 3 aromatic rings. The molecule has 1 fully saturated rings. The van der Waals surface area contributed by atoms with Crippen LogP contribution in [-0.4, -0.2) is 33.7 Å². The fourth-order valence-electron chi connectivity index (χ4n) is 4.07. The van der Waals surface area contributed by atoms with Gasteiger partial charge in [0, 0.05) is 35.6 Å². The fourth-order valence-corrected chi connectivity index (χ4v) is 4.95. The molecule has 1 aliphatic heterocycles. The van der Waals surface area contributed by atoms with Crippen LogP contribution in [0.25, 0.3) is 0 Å². The highest BCUT2D eigenvalue weighted by molar-refractivity contribution is 7.92. The lowest BCUT2D eigenvalue weighted by atomic mass is 10.1. The molecule has 3 aromatic carbocycles. The summed E-state index contributed by atoms with van der Waals surface area (Å²) in [5.74, 6) is -0.768. The smallest absolute Gasteiger partial charge is 0.255 e. The molecule has 0 radical (unpaired) electrons. The highest BCUT2D eigenvalue weighted by Crippen LogP contribution is 2.24. The maximum Gasteiger partial charge on any atom is 0.255 e. The van der Waals surface area contributed by atoms with Crippen LogP contribution in [0.15, 0.2) is 72.8 Å². The summed E-state index contributed by atoms with van der Waals surface area (Å²) in [6.07, 6.45) is 4.74. The Morgan fingerprint density at radius 1 is 0.941 bits per heavy atom. The van der Waals surface area contributed by atoms with E-state index in [-0.39, 0.29) is 18.0 Å². The zero-order valence-corrected chi connectivity index (χ0v) is 19.9. The van der Waals surface area contributed by atoms with Crippen LogP contribution in [0.4, 0.5) is 21.5 Å². The first-order valence-corrected chi connectivity index (χ1v) is 13.1. The minimum absolute atomic E-state index is 0.138. The van der Waals surface area contributed by atoms with Crippen LogP contribution < -0.4 is 14.5 Å². The summed E-state index contributed by atoms with van der Waals surface area (Å²) in [7, 11) is -3.67. The number of carbonyl (C=O) groups is 1. The van der Waals surface area contributed by atoms with E-state index in [9.17, 15) is 17.6 Å². The van der Waals surface area contributed by atoms with Crippen LogP contribution in [0.3, 0.4) is 0 Å². The van der Waals surface area contributed by atoms with E-state index >= 15 is 0 Å². The number of piperidine rings is 1. The van der Waals surface area contributed by atoms with Crippen LogP contribution in [0, 0.1) is 5.82 Å². The molecule has 178 valence electrons. The maximum atomic E-state index is 14.1. The monoisotopic (exact) mass is 481 g/mol. The van der Waals surface area contributed by atoms with Crippen molar-refractivity contribution in [1.29, 1.82) is 0 Å². The Balaban J connectivity index is 1.45. The highest BCUT2D eigenvalue weighted by Gasteiger charge is 2.20. The Morgan fingerprint density at radius 2 is 1.59 bits per heavy atom. The summed E-state index contributed by atoms with van der Waals surface area (Å²) in [4.78, 5) is 15.1. The fraction of sp³-hybridized carbons (Fsp3) is 0.269. The van der Waals surface area contributed by atoms with Crippen LogP contribution in [0.1, 0.15) is 35.2 Å². The molecule has 4 rings (SSSR count). The van der Waals surface area contributed by atoms with Crippen molar-refractivity contribution >= 4 is 33.0 Å². The lowest BCUT2D eigenvalue weighted by Gasteiger charge is -2.28. The Kier molecular flexibility index (Phi) is 7.17. The largest absolute Gasteiger partial charge is 0.372 e. The number of carbonyl (C=O) groups excluding carboxylic acids is 1. The van der Waals surface area contributed by atoms with E-state index in [1.54, 1.807) is 42.5 Å². The van der Waals surface area contributed by atoms with E-state index in [1.807, 2.05) is 24.3 Å². The number of benzene rings is 3. The van der Waals surface area contributed by atoms with Gasteiger partial charge in [-0.05, 0) is 73.9 Å². The number of rotatable bonds is 7. The number of hydrogen-bond acceptors (Lipinski definition) is 4. The predicted molar refractivity (Wildman–Crippen MR) is 134 cm³/mol. The Labute approximate surface area is 200 Å². The van der Waals surface area contributed by atoms with Crippen molar-refractivity contribution in [2.75, 3.05) is 33.9 Å². The molecule has 1 saturated heterocycles. The first-order chi connectivity index (χ1) is 16.3. The van der Waals surface area contributed by atoms with Gasteiger partial charge in [0.05, 0.1) is 18.5 Å². The number of halogens is 1. The third kappa shape index (κ3) is 5.75. The van der Waals surface area contributed by atoms with Gasteiger partial charge in [-0.1, -0.05) is 18.2 Å². The number of nitrogens with one attached hydrogen (secondary N) is 1. The lowest BCUT2D eigenvalue weighted by molar-refractivity contribution is 0.102. The van der Waals surface area contributed by atoms with Crippen molar-refractivity contribution in [3.8, 4) is 0 Å². The van der Waals surface area contributed by atoms with E-state index in [0.717, 1.165) is 29.3 Å². The van der Waals surface area contributed by atoms with Gasteiger partial charge in [-0.25, -0.2) is 12.8 Å². The van der Waals surface area contributed by atoms with Gasteiger partial charge >= 0.3 is 0 Å². The predicted octanol–water partition coefficient (Wildman–Crippen LogP) is 5.03. The average molecular weight is 482 g/mol. The van der Waals surface area contributed by atoms with Crippen molar-refractivity contribution in [3.63, 3.8) is 0 Å². The zero-order valence-electron chi connectivity index (χ0n) is 19.1. The van der Waals surface area contributed by atoms with Crippen molar-refractivity contribution < 1.29 is 17.6 Å². The summed E-state index contributed by atoms with van der Waals surface area (Å²) >= 11 is 0. The van der Waals surface area contributed by atoms with E-state index in [4.69, 9.17) is 0 Å². The lowest BCUT2D eigenvalue weighted by Crippen LogP contribution is -2.29. The topological polar surface area (TPSA) is 69.7 Å². The van der Waals surface area contributed by atoms with Crippen molar-refractivity contribution in [2.45, 2.75) is 25.8 Å². The summed E-state index contributed by atoms with van der Waals surface area (Å²) in [5.41, 5.74) is 2.85. The second-order valence-corrected chi connectivity index (χ2v) is 10.4. The number of amides is 1. The van der Waals surface area contributed by atoms with Gasteiger partial charge in [-0.2, -0.15) is 0 Å². The molecule has 0 bridgehead atoms. The number of sulfonamides is 1. The van der Waals surface area contributed by atoms with Crippen LogP contribution in [-0.2, 0) is 16.6 Å². The van der Waals surface area contributed by atoms with Crippen molar-refractivity contribution in [1.82, 2.24) is 0 Å². The number of anilines is 3. The standard InChI is InChI=1S/C26H28FN3O3S/c1-34(32,33)30(19-21-7-3-4-8-25(21)27)24-13-9-20(10-14-24)26(31)28-22-11-15-23(16-12-22)29-17-5-2-6-18-29/h3-4,7-16H,2,5-6,17-19H2,1H3,(H,28,31). The zero-order chi connectivity index (χ0) is 24.1. The van der Waals surface area contributed by atoms with Gasteiger partial charge in [-0.3, -0.25) is 9.10 Å². The molecular formula is C26H28FN3O3S. The quantitative estimate of drug-likeness (QED) is 0.514. The summed E-state index contributed by atoms with van der Waals surface area (Å²) in [5, 5.41) is 2.88. The molecule has 0 atom stereocenters. The minimum atomic E-state index is -3.67. The molecule has 0 spiro atoms. The second-order valence-electron chi connectivity index (χ2n) is 8.46. The number of nitrogens with zero attached hydrogens (tertiary/aromatic N) is 2. The van der Waals surface area contributed by atoms with Crippen LogP contribution >= 0.6 is 0 Å². The van der Waals surface area contributed by atoms with Gasteiger partial charge < -0.3 is 10.2 Å². The van der Waals surface area contributed by atoms with Gasteiger partial charge in [0.15, 0.2) is 0 Å². The van der Waals surface area contributed by atoms with Gasteiger partial charge in [-0.15, -0.1) is 0 Å². The molecule has 8 heteroatoms. The van der Waals surface area contributed by atoms with E-state index in [1.165, 1.54) is 25.3 Å². The Bertz CT molecular complexity index is 1240. The van der Waals surface area contributed by atoms with Crippen LogP contribution in [0.5, 0.6) is 0 Å². The van der Waals surface area contributed by atoms with Gasteiger partial charge in [0.1, 0.15) is 5.82 Å². The molecule has 0 aromatic heterocycles. The third-order valence-corrected chi connectivity index (χ3v) is 7.08. The molecule has 0 saturated carbocycles. The number of hydrogen-bond donors (Lipinski definition) is 1. The second kappa shape index (κ2) is 10.3. The Morgan fingerprint density at radius 3 is 2.21 bits per heavy atom. The molecule has 34 heavy (non-hydrogen) atoms. The SMILES string of the molecule is CS(=O)(=O)N(Cc1ccccc1F)c1ccc(C(=O)Nc2ccc(N3CCCCC3)cc2)cc1. The molecule has 1 N–H and O–H groups in total. The van der Waals surface area contributed by atoms with Crippen molar-refractivity contribution in [2.24, 2.45) is 0 Å². The first kappa shape index (κ1) is 23.8. The van der Waals surface area contributed by atoms with E-state index in [2.05, 4.69) is 10.2 Å². The molecule has 1 aliphatic rings. The average Bonchev–Trinajstić information content (AvgIpc) is 2.84. The van der Waals surface area contributed by atoms with Crippen LogP contribution in [0.2, 0.25) is 0 Å². The molecule has 0 aliphatic carbocycles. The van der Waals surface area contributed by atoms with Gasteiger partial charge in [0.25, 0.3) is 5.91 Å². The molecule has 6 nitrogen and oxygen atoms in total. The highest BCUT2D eigenvalue weighted by atomic mass is 32.2. The summed E-state index contributed by atoms with van der Waals surface area (Å²) < 4.78 is 39.9. The normalized spacial score (nSPS) is 14.0. The molecule has 1 heterocycles. The molecular weight excluding hydrogens is 453 g/mol. The maximum absolute atomic E-state index is 14.1. The van der Waals surface area contributed by atoms with Gasteiger partial charge in [0.2, 0.25) is 10.0 Å². The molecule has 1 amide bonds.